The number of carbonyl (C=O) groups excluding carboxylic acids is 1. The first-order chi connectivity index (χ1) is 6.79. The van der Waals surface area contributed by atoms with Crippen molar-refractivity contribution >= 4 is 6.03 Å². The van der Waals surface area contributed by atoms with Gasteiger partial charge in [0.05, 0.1) is 6.04 Å². The summed E-state index contributed by atoms with van der Waals surface area (Å²) in [5.74, 6) is 0. The Balaban J connectivity index is 2.36. The van der Waals surface area contributed by atoms with Gasteiger partial charge in [0.15, 0.2) is 0 Å². The van der Waals surface area contributed by atoms with E-state index in [2.05, 4.69) is 18.8 Å². The minimum absolute atomic E-state index is 0.0615. The molecule has 0 saturated carbocycles. The van der Waals surface area contributed by atoms with E-state index in [1.54, 1.807) is 0 Å². The number of rotatable bonds is 6. The highest BCUT2D eigenvalue weighted by Crippen LogP contribution is 2.13. The van der Waals surface area contributed by atoms with Gasteiger partial charge in [0.1, 0.15) is 0 Å². The molecule has 3 nitrogen and oxygen atoms in total. The van der Waals surface area contributed by atoms with Crippen LogP contribution in [0, 0.1) is 0 Å². The van der Waals surface area contributed by atoms with Crippen LogP contribution in [0.3, 0.4) is 0 Å². The largest absolute Gasteiger partial charge is 0.336 e. The van der Waals surface area contributed by atoms with Gasteiger partial charge in [-0.05, 0) is 6.42 Å². The quantitative estimate of drug-likeness (QED) is 0.512. The number of carbonyl (C=O) groups is 1. The number of hydrogen-bond acceptors (Lipinski definition) is 1. The fourth-order valence-electron chi connectivity index (χ4n) is 1.81. The molecule has 0 aromatic heterocycles. The van der Waals surface area contributed by atoms with Gasteiger partial charge in [-0.1, -0.05) is 32.3 Å². The molecule has 0 aliphatic carbocycles. The van der Waals surface area contributed by atoms with Crippen molar-refractivity contribution < 1.29 is 4.79 Å². The highest BCUT2D eigenvalue weighted by molar-refractivity contribution is 5.76. The van der Waals surface area contributed by atoms with Crippen molar-refractivity contribution in [3.8, 4) is 0 Å². The van der Waals surface area contributed by atoms with Gasteiger partial charge in [0.25, 0.3) is 0 Å². The molecule has 14 heavy (non-hydrogen) atoms. The van der Waals surface area contributed by atoms with Crippen LogP contribution in [0.5, 0.6) is 0 Å². The summed E-state index contributed by atoms with van der Waals surface area (Å²) >= 11 is 0. The van der Waals surface area contributed by atoms with E-state index in [0.717, 1.165) is 19.5 Å². The minimum atomic E-state index is 0.0615. The molecule has 1 saturated heterocycles. The Labute approximate surface area is 86.2 Å². The summed E-state index contributed by atoms with van der Waals surface area (Å²) in [5.41, 5.74) is 0. The smallest absolute Gasteiger partial charge is 0.318 e. The molecule has 1 N–H and O–H groups in total. The average molecular weight is 196 g/mol. The third-order valence-electron chi connectivity index (χ3n) is 2.67. The highest BCUT2D eigenvalue weighted by Gasteiger charge is 2.24. The van der Waals surface area contributed by atoms with E-state index in [0.29, 0.717) is 0 Å². The Bertz CT molecular complexity index is 203. The van der Waals surface area contributed by atoms with E-state index in [1.165, 1.54) is 19.3 Å². The molecule has 1 aliphatic heterocycles. The maximum Gasteiger partial charge on any atom is 0.318 e. The normalized spacial score (nSPS) is 18.1. The lowest BCUT2D eigenvalue weighted by molar-refractivity contribution is 0.204. The van der Waals surface area contributed by atoms with Crippen molar-refractivity contribution in [1.29, 1.82) is 0 Å². The Morgan fingerprint density at radius 1 is 1.64 bits per heavy atom. The molecule has 0 bridgehead atoms. The summed E-state index contributed by atoms with van der Waals surface area (Å²) < 4.78 is 0. The van der Waals surface area contributed by atoms with Gasteiger partial charge in [-0.25, -0.2) is 4.79 Å². The lowest BCUT2D eigenvalue weighted by Crippen LogP contribution is -2.36. The summed E-state index contributed by atoms with van der Waals surface area (Å²) in [6.45, 7) is 7.58. The summed E-state index contributed by atoms with van der Waals surface area (Å²) in [6.07, 6.45) is 6.57. The topological polar surface area (TPSA) is 32.3 Å². The van der Waals surface area contributed by atoms with Gasteiger partial charge >= 0.3 is 6.03 Å². The second kappa shape index (κ2) is 5.68. The van der Waals surface area contributed by atoms with E-state index in [-0.39, 0.29) is 12.1 Å². The van der Waals surface area contributed by atoms with Crippen LogP contribution in [0.15, 0.2) is 12.7 Å². The monoisotopic (exact) mass is 196 g/mol. The van der Waals surface area contributed by atoms with Crippen molar-refractivity contribution in [2.24, 2.45) is 0 Å². The summed E-state index contributed by atoms with van der Waals surface area (Å²) in [7, 11) is 0. The van der Waals surface area contributed by atoms with Crippen LogP contribution in [0.25, 0.3) is 0 Å². The fourth-order valence-corrected chi connectivity index (χ4v) is 1.81. The molecule has 1 fully saturated rings. The molecule has 2 amide bonds. The van der Waals surface area contributed by atoms with E-state index in [4.69, 9.17) is 0 Å². The zero-order valence-corrected chi connectivity index (χ0v) is 8.96. The van der Waals surface area contributed by atoms with Crippen molar-refractivity contribution in [3.63, 3.8) is 0 Å². The van der Waals surface area contributed by atoms with Crippen LogP contribution in [-0.2, 0) is 0 Å². The van der Waals surface area contributed by atoms with Crippen molar-refractivity contribution in [2.45, 2.75) is 38.6 Å². The van der Waals surface area contributed by atoms with Gasteiger partial charge in [-0.15, -0.1) is 6.58 Å². The average Bonchev–Trinajstić information content (AvgIpc) is 2.60. The molecule has 0 aromatic rings. The molecule has 0 aromatic carbocycles. The van der Waals surface area contributed by atoms with E-state index < -0.39 is 0 Å². The van der Waals surface area contributed by atoms with Crippen molar-refractivity contribution in [2.75, 3.05) is 13.1 Å². The number of nitrogens with zero attached hydrogens (tertiary/aromatic N) is 1. The van der Waals surface area contributed by atoms with Gasteiger partial charge < -0.3 is 10.2 Å². The minimum Gasteiger partial charge on any atom is -0.336 e. The Kier molecular flexibility index (Phi) is 4.50. The molecule has 3 heteroatoms. The van der Waals surface area contributed by atoms with Crippen LogP contribution in [0.1, 0.15) is 32.6 Å². The lowest BCUT2D eigenvalue weighted by Gasteiger charge is -2.23. The predicted molar refractivity (Wildman–Crippen MR) is 58.2 cm³/mol. The highest BCUT2D eigenvalue weighted by atomic mass is 16.2. The van der Waals surface area contributed by atoms with Crippen LogP contribution < -0.4 is 5.32 Å². The second-order valence-electron chi connectivity index (χ2n) is 3.72. The van der Waals surface area contributed by atoms with E-state index in [9.17, 15) is 4.79 Å². The SMILES string of the molecule is C=CC(CCCCC)N1CCNC1=O. The fraction of sp³-hybridized carbons (Fsp3) is 0.727. The third-order valence-corrected chi connectivity index (χ3v) is 2.67. The second-order valence-corrected chi connectivity index (χ2v) is 3.72. The number of unbranched alkanes of at least 4 members (excludes halogenated alkanes) is 2. The molecule has 1 rings (SSSR count). The molecule has 1 aliphatic rings. The number of amides is 2. The molecule has 0 spiro atoms. The first kappa shape index (κ1) is 11.1. The zero-order chi connectivity index (χ0) is 10.4. The van der Waals surface area contributed by atoms with Crippen molar-refractivity contribution in [3.05, 3.63) is 12.7 Å². The van der Waals surface area contributed by atoms with E-state index >= 15 is 0 Å². The van der Waals surface area contributed by atoms with Gasteiger partial charge in [-0.2, -0.15) is 0 Å². The van der Waals surface area contributed by atoms with Crippen LogP contribution in [0.4, 0.5) is 4.79 Å². The van der Waals surface area contributed by atoms with Crippen LogP contribution in [-0.4, -0.2) is 30.1 Å². The Morgan fingerprint density at radius 2 is 2.43 bits per heavy atom. The number of hydrogen-bond donors (Lipinski definition) is 1. The summed E-state index contributed by atoms with van der Waals surface area (Å²) in [4.78, 5) is 13.3. The molecule has 1 unspecified atom stereocenters. The summed E-state index contributed by atoms with van der Waals surface area (Å²) in [6, 6.07) is 0.287. The standard InChI is InChI=1S/C11H20N2O/c1-3-5-6-7-10(4-2)13-9-8-12-11(13)14/h4,10H,2-3,5-9H2,1H3,(H,12,14). The zero-order valence-electron chi connectivity index (χ0n) is 8.96. The Morgan fingerprint density at radius 3 is 2.93 bits per heavy atom. The Hall–Kier alpha value is -0.990. The maximum absolute atomic E-state index is 11.4. The van der Waals surface area contributed by atoms with Crippen LogP contribution >= 0.6 is 0 Å². The first-order valence-electron chi connectivity index (χ1n) is 5.46. The molecule has 80 valence electrons. The van der Waals surface area contributed by atoms with E-state index in [1.807, 2.05) is 11.0 Å². The first-order valence-corrected chi connectivity index (χ1v) is 5.46. The van der Waals surface area contributed by atoms with Gasteiger partial charge in [0, 0.05) is 13.1 Å². The molecule has 1 heterocycles. The maximum atomic E-state index is 11.4. The van der Waals surface area contributed by atoms with Gasteiger partial charge in [0.2, 0.25) is 0 Å². The lowest BCUT2D eigenvalue weighted by atomic mass is 10.1. The summed E-state index contributed by atoms with van der Waals surface area (Å²) in [5, 5.41) is 2.81. The van der Waals surface area contributed by atoms with Gasteiger partial charge in [-0.3, -0.25) is 0 Å². The molecular weight excluding hydrogens is 176 g/mol. The van der Waals surface area contributed by atoms with Crippen molar-refractivity contribution in [1.82, 2.24) is 10.2 Å². The molecule has 1 atom stereocenters. The number of nitrogens with one attached hydrogen (secondary N) is 1. The molecular formula is C11H20N2O. The third kappa shape index (κ3) is 2.76. The predicted octanol–water partition coefficient (Wildman–Crippen LogP) is 2.15. The molecule has 0 radical (unpaired) electrons. The van der Waals surface area contributed by atoms with Crippen LogP contribution in [0.2, 0.25) is 0 Å². The number of urea groups is 1.